The van der Waals surface area contributed by atoms with Crippen LogP contribution in [0.2, 0.25) is 0 Å². The molecule has 0 bridgehead atoms. The van der Waals surface area contributed by atoms with Crippen LogP contribution in [0.25, 0.3) is 0 Å². The van der Waals surface area contributed by atoms with Gasteiger partial charge in [0.05, 0.1) is 0 Å². The lowest BCUT2D eigenvalue weighted by atomic mass is 9.93. The van der Waals surface area contributed by atoms with Crippen molar-refractivity contribution in [1.82, 2.24) is 10.2 Å². The summed E-state index contributed by atoms with van der Waals surface area (Å²) in [5, 5.41) is 5.45. The van der Waals surface area contributed by atoms with Crippen molar-refractivity contribution in [3.05, 3.63) is 18.2 Å². The largest absolute Gasteiger partial charge is 0.448 e. The Balaban J connectivity index is 1.42. The van der Waals surface area contributed by atoms with Gasteiger partial charge < -0.3 is 20.1 Å². The molecule has 2 aliphatic heterocycles. The molecular formula is C20H25N3O5. The van der Waals surface area contributed by atoms with Crippen molar-refractivity contribution in [3.8, 4) is 11.5 Å². The van der Waals surface area contributed by atoms with Crippen LogP contribution in [0.4, 0.5) is 10.5 Å². The van der Waals surface area contributed by atoms with Gasteiger partial charge in [-0.05, 0) is 37.8 Å². The van der Waals surface area contributed by atoms with E-state index >= 15 is 0 Å². The smallest absolute Gasteiger partial charge is 0.325 e. The molecule has 1 saturated carbocycles. The fraction of sp³-hybridized carbons (Fsp3) is 0.550. The van der Waals surface area contributed by atoms with Crippen molar-refractivity contribution in [2.24, 2.45) is 0 Å². The molecule has 1 saturated heterocycles. The van der Waals surface area contributed by atoms with Crippen molar-refractivity contribution in [1.29, 1.82) is 0 Å². The number of nitrogens with one attached hydrogen (secondary N) is 2. The fourth-order valence-corrected chi connectivity index (χ4v) is 4.18. The molecule has 4 amide bonds. The number of carbonyl (C=O) groups excluding carboxylic acids is 3. The summed E-state index contributed by atoms with van der Waals surface area (Å²) < 4.78 is 12.0. The molecule has 2 heterocycles. The minimum atomic E-state index is -0.911. The standard InChI is InChI=1S/C20H25N3O5/c1-3-19(4-2)17(25)23(18(26)22-19)12-16(24)21-13-7-8-14-15(11-13)28-20(27-14)9-5-6-10-20/h7-8,11H,3-6,9-10,12H2,1-2H3,(H,21,24)(H,22,26). The van der Waals surface area contributed by atoms with E-state index in [0.717, 1.165) is 30.6 Å². The maximum Gasteiger partial charge on any atom is 0.325 e. The predicted molar refractivity (Wildman–Crippen MR) is 101 cm³/mol. The Labute approximate surface area is 163 Å². The highest BCUT2D eigenvalue weighted by Gasteiger charge is 2.49. The van der Waals surface area contributed by atoms with Gasteiger partial charge in [-0.2, -0.15) is 0 Å². The molecule has 0 unspecified atom stereocenters. The van der Waals surface area contributed by atoms with Crippen molar-refractivity contribution >= 4 is 23.5 Å². The molecule has 150 valence electrons. The van der Waals surface area contributed by atoms with Crippen LogP contribution in [0, 0.1) is 0 Å². The van der Waals surface area contributed by atoms with Crippen molar-refractivity contribution in [2.45, 2.75) is 63.7 Å². The Bertz CT molecular complexity index is 827. The minimum Gasteiger partial charge on any atom is -0.448 e. The summed E-state index contributed by atoms with van der Waals surface area (Å²) in [7, 11) is 0. The number of carbonyl (C=O) groups is 3. The molecule has 1 aromatic rings. The molecule has 1 aromatic carbocycles. The number of hydrogen-bond donors (Lipinski definition) is 2. The molecule has 28 heavy (non-hydrogen) atoms. The number of urea groups is 1. The summed E-state index contributed by atoms with van der Waals surface area (Å²) in [4.78, 5) is 38.2. The van der Waals surface area contributed by atoms with Crippen molar-refractivity contribution in [2.75, 3.05) is 11.9 Å². The van der Waals surface area contributed by atoms with E-state index in [1.165, 1.54) is 0 Å². The van der Waals surface area contributed by atoms with Gasteiger partial charge in [0, 0.05) is 24.6 Å². The Hall–Kier alpha value is -2.77. The first-order chi connectivity index (χ1) is 13.4. The quantitative estimate of drug-likeness (QED) is 0.757. The molecule has 1 aliphatic carbocycles. The number of rotatable bonds is 5. The van der Waals surface area contributed by atoms with Gasteiger partial charge in [0.1, 0.15) is 12.1 Å². The van der Waals surface area contributed by atoms with Gasteiger partial charge in [0.15, 0.2) is 11.5 Å². The zero-order valence-corrected chi connectivity index (χ0v) is 16.2. The van der Waals surface area contributed by atoms with Crippen LogP contribution in [0.3, 0.4) is 0 Å². The first-order valence-electron chi connectivity index (χ1n) is 9.86. The molecule has 1 spiro atoms. The van der Waals surface area contributed by atoms with Crippen LogP contribution in [0.5, 0.6) is 11.5 Å². The van der Waals surface area contributed by atoms with E-state index in [0.29, 0.717) is 30.0 Å². The van der Waals surface area contributed by atoms with Crippen molar-refractivity contribution < 1.29 is 23.9 Å². The maximum atomic E-state index is 12.6. The third-order valence-corrected chi connectivity index (χ3v) is 5.94. The minimum absolute atomic E-state index is 0.329. The number of imide groups is 1. The van der Waals surface area contributed by atoms with E-state index in [-0.39, 0.29) is 12.5 Å². The number of fused-ring (bicyclic) bond motifs is 1. The topological polar surface area (TPSA) is 97.0 Å². The predicted octanol–water partition coefficient (Wildman–Crippen LogP) is 2.78. The number of nitrogens with zero attached hydrogens (tertiary/aromatic N) is 1. The molecule has 0 radical (unpaired) electrons. The molecule has 4 rings (SSSR count). The molecular weight excluding hydrogens is 362 g/mol. The van der Waals surface area contributed by atoms with Crippen LogP contribution in [-0.2, 0) is 9.59 Å². The van der Waals surface area contributed by atoms with Crippen LogP contribution in [0.1, 0.15) is 52.4 Å². The van der Waals surface area contributed by atoms with Gasteiger partial charge in [0.2, 0.25) is 5.91 Å². The average molecular weight is 387 g/mol. The third kappa shape index (κ3) is 2.96. The Kier molecular flexibility index (Phi) is 4.44. The highest BCUT2D eigenvalue weighted by atomic mass is 16.7. The Morgan fingerprint density at radius 1 is 1.14 bits per heavy atom. The lowest BCUT2D eigenvalue weighted by Crippen LogP contribution is -2.46. The molecule has 8 nitrogen and oxygen atoms in total. The van der Waals surface area contributed by atoms with Gasteiger partial charge in [-0.25, -0.2) is 4.79 Å². The van der Waals surface area contributed by atoms with E-state index in [1.54, 1.807) is 18.2 Å². The first-order valence-corrected chi connectivity index (χ1v) is 9.86. The van der Waals surface area contributed by atoms with Crippen LogP contribution in [0.15, 0.2) is 18.2 Å². The number of ether oxygens (including phenoxy) is 2. The molecule has 0 aromatic heterocycles. The second-order valence-electron chi connectivity index (χ2n) is 7.64. The van der Waals surface area contributed by atoms with Crippen LogP contribution < -0.4 is 20.1 Å². The summed E-state index contributed by atoms with van der Waals surface area (Å²) >= 11 is 0. The van der Waals surface area contributed by atoms with Gasteiger partial charge >= 0.3 is 6.03 Å². The van der Waals surface area contributed by atoms with Gasteiger partial charge in [-0.15, -0.1) is 0 Å². The van der Waals surface area contributed by atoms with E-state index in [1.807, 2.05) is 13.8 Å². The molecule has 2 N–H and O–H groups in total. The number of hydrogen-bond acceptors (Lipinski definition) is 5. The number of benzene rings is 1. The summed E-state index contributed by atoms with van der Waals surface area (Å²) in [5.41, 5.74) is -0.377. The molecule has 8 heteroatoms. The van der Waals surface area contributed by atoms with E-state index in [4.69, 9.17) is 9.47 Å². The SMILES string of the molecule is CCC1(CC)NC(=O)N(CC(=O)Nc2ccc3c(c2)OC2(CCCC2)O3)C1=O. The lowest BCUT2D eigenvalue weighted by molar-refractivity contribution is -0.134. The Morgan fingerprint density at radius 2 is 1.82 bits per heavy atom. The summed E-state index contributed by atoms with van der Waals surface area (Å²) in [6.07, 6.45) is 4.81. The fourth-order valence-electron chi connectivity index (χ4n) is 4.18. The zero-order valence-electron chi connectivity index (χ0n) is 16.2. The third-order valence-electron chi connectivity index (χ3n) is 5.94. The van der Waals surface area contributed by atoms with Crippen molar-refractivity contribution in [3.63, 3.8) is 0 Å². The summed E-state index contributed by atoms with van der Waals surface area (Å²) in [6, 6.07) is 4.68. The molecule has 3 aliphatic rings. The second kappa shape index (κ2) is 6.68. The summed E-state index contributed by atoms with van der Waals surface area (Å²) in [5.74, 6) is -0.0860. The number of anilines is 1. The molecule has 2 fully saturated rings. The Morgan fingerprint density at radius 3 is 2.46 bits per heavy atom. The zero-order chi connectivity index (χ0) is 19.9. The van der Waals surface area contributed by atoms with Gasteiger partial charge in [0.25, 0.3) is 11.7 Å². The highest BCUT2D eigenvalue weighted by Crippen LogP contribution is 2.47. The number of amides is 4. The van der Waals surface area contributed by atoms with Crippen LogP contribution in [-0.4, -0.2) is 40.6 Å². The van der Waals surface area contributed by atoms with E-state index < -0.39 is 23.3 Å². The maximum absolute atomic E-state index is 12.6. The molecule has 0 atom stereocenters. The van der Waals surface area contributed by atoms with Gasteiger partial charge in [-0.1, -0.05) is 13.8 Å². The first kappa shape index (κ1) is 18.6. The monoisotopic (exact) mass is 387 g/mol. The average Bonchev–Trinajstić information content (AvgIpc) is 3.34. The highest BCUT2D eigenvalue weighted by molar-refractivity contribution is 6.10. The normalized spacial score (nSPS) is 21.3. The second-order valence-corrected chi connectivity index (χ2v) is 7.64. The lowest BCUT2D eigenvalue weighted by Gasteiger charge is -2.23. The van der Waals surface area contributed by atoms with Crippen LogP contribution >= 0.6 is 0 Å². The summed E-state index contributed by atoms with van der Waals surface area (Å²) in [6.45, 7) is 3.36. The van der Waals surface area contributed by atoms with E-state index in [2.05, 4.69) is 10.6 Å². The van der Waals surface area contributed by atoms with E-state index in [9.17, 15) is 14.4 Å². The van der Waals surface area contributed by atoms with Gasteiger partial charge in [-0.3, -0.25) is 14.5 Å².